The average molecular weight is 549 g/mol. The Balaban J connectivity index is 1.54. The summed E-state index contributed by atoms with van der Waals surface area (Å²) in [6.07, 6.45) is 1.52. The van der Waals surface area contributed by atoms with E-state index in [9.17, 15) is 24.0 Å². The lowest BCUT2D eigenvalue weighted by molar-refractivity contribution is -0.138. The number of allylic oxidation sites excluding steroid dienone is 1. The summed E-state index contributed by atoms with van der Waals surface area (Å²) in [5.41, 5.74) is 5.99. The Morgan fingerprint density at radius 2 is 1.82 bits per heavy atom. The first kappa shape index (κ1) is 26.9. The van der Waals surface area contributed by atoms with Crippen LogP contribution in [0.1, 0.15) is 55.6 Å². The summed E-state index contributed by atoms with van der Waals surface area (Å²) in [4.78, 5) is 62.0. The number of carboxylic acids is 1. The standard InChI is InChI=1S/C28H28N4O8/c1-15(33)16-4-6-17(7-5-16)31-26(37)30-13-12-20-24(32(30)27(31)38)19-9-8-18(14-22(19)40-28(20,2)3)39-25(36)21(29)10-11-23(34)35/h4-9,12,14,21,24H,10-11,13,29H2,1-3H3,(H,34,35)/t21-,24?/m0/s1. The molecule has 40 heavy (non-hydrogen) atoms. The first-order chi connectivity index (χ1) is 18.9. The third kappa shape index (κ3) is 4.56. The zero-order valence-electron chi connectivity index (χ0n) is 22.1. The van der Waals surface area contributed by atoms with Gasteiger partial charge in [-0.15, -0.1) is 0 Å². The molecule has 3 aromatic rings. The molecule has 12 heteroatoms. The van der Waals surface area contributed by atoms with Gasteiger partial charge < -0.3 is 20.3 Å². The van der Waals surface area contributed by atoms with Crippen molar-refractivity contribution in [3.63, 3.8) is 0 Å². The number of aliphatic carboxylic acids is 1. The van der Waals surface area contributed by atoms with Gasteiger partial charge in [0.15, 0.2) is 5.78 Å². The molecule has 0 radical (unpaired) electrons. The number of benzene rings is 2. The Bertz CT molecular complexity index is 1690. The van der Waals surface area contributed by atoms with Crippen LogP contribution in [0, 0.1) is 0 Å². The number of carbonyl (C=O) groups is 3. The number of ether oxygens (including phenoxy) is 2. The van der Waals surface area contributed by atoms with Crippen molar-refractivity contribution in [1.82, 2.24) is 13.9 Å². The molecular formula is C28H28N4O8. The fourth-order valence-electron chi connectivity index (χ4n) is 5.09. The molecule has 1 aromatic heterocycles. The van der Waals surface area contributed by atoms with Crippen molar-refractivity contribution in [2.24, 2.45) is 5.73 Å². The van der Waals surface area contributed by atoms with Gasteiger partial charge in [-0.25, -0.2) is 28.3 Å². The molecule has 2 atom stereocenters. The Morgan fingerprint density at radius 3 is 2.48 bits per heavy atom. The number of Topliss-reactive ketones (excluding diaryl/α,β-unsaturated/α-hetero) is 1. The summed E-state index contributed by atoms with van der Waals surface area (Å²) in [7, 11) is 0. The highest BCUT2D eigenvalue weighted by atomic mass is 16.5. The van der Waals surface area contributed by atoms with Crippen LogP contribution in [0.15, 0.2) is 63.7 Å². The number of fused-ring (bicyclic) bond motifs is 5. The fraction of sp³-hybridized carbons (Fsp3) is 0.321. The Kier molecular flexibility index (Phi) is 6.58. The molecule has 1 unspecified atom stereocenters. The van der Waals surface area contributed by atoms with E-state index in [-0.39, 0.29) is 30.9 Å². The highest BCUT2D eigenvalue weighted by Crippen LogP contribution is 2.47. The number of nitrogens with two attached hydrogens (primary N) is 1. The number of carbonyl (C=O) groups excluding carboxylic acids is 2. The molecule has 0 aliphatic carbocycles. The van der Waals surface area contributed by atoms with E-state index in [0.717, 1.165) is 10.1 Å². The van der Waals surface area contributed by atoms with E-state index in [1.807, 2.05) is 19.9 Å². The first-order valence-electron chi connectivity index (χ1n) is 12.7. The van der Waals surface area contributed by atoms with Gasteiger partial charge in [0, 0.05) is 23.6 Å². The highest BCUT2D eigenvalue weighted by Gasteiger charge is 2.44. The smallest absolute Gasteiger partial charge is 0.352 e. The van der Waals surface area contributed by atoms with Crippen LogP contribution in [0.5, 0.6) is 11.5 Å². The molecule has 0 saturated heterocycles. The lowest BCUT2D eigenvalue weighted by Gasteiger charge is -2.42. The van der Waals surface area contributed by atoms with Crippen molar-refractivity contribution in [1.29, 1.82) is 0 Å². The monoisotopic (exact) mass is 548 g/mol. The van der Waals surface area contributed by atoms with Gasteiger partial charge in [-0.1, -0.05) is 6.08 Å². The van der Waals surface area contributed by atoms with Gasteiger partial charge in [0.25, 0.3) is 0 Å². The molecule has 0 amide bonds. The number of hydrogen-bond donors (Lipinski definition) is 2. The second-order valence-corrected chi connectivity index (χ2v) is 10.3. The van der Waals surface area contributed by atoms with Gasteiger partial charge in [-0.05, 0) is 69.2 Å². The van der Waals surface area contributed by atoms with Gasteiger partial charge in [-0.2, -0.15) is 0 Å². The Morgan fingerprint density at radius 1 is 1.12 bits per heavy atom. The summed E-state index contributed by atoms with van der Waals surface area (Å²) in [6, 6.07) is 9.15. The quantitative estimate of drug-likeness (QED) is 0.194. The molecule has 2 aliphatic rings. The fourth-order valence-corrected chi connectivity index (χ4v) is 5.09. The number of esters is 1. The maximum atomic E-state index is 13.8. The van der Waals surface area contributed by atoms with E-state index in [0.29, 0.717) is 22.6 Å². The maximum absolute atomic E-state index is 13.8. The van der Waals surface area contributed by atoms with Crippen molar-refractivity contribution in [2.75, 3.05) is 0 Å². The van der Waals surface area contributed by atoms with Crippen molar-refractivity contribution in [3.8, 4) is 17.2 Å². The second-order valence-electron chi connectivity index (χ2n) is 10.3. The molecule has 0 spiro atoms. The zero-order valence-corrected chi connectivity index (χ0v) is 22.1. The molecule has 12 nitrogen and oxygen atoms in total. The topological polar surface area (TPSA) is 165 Å². The first-order valence-corrected chi connectivity index (χ1v) is 12.7. The average Bonchev–Trinajstić information content (AvgIpc) is 3.16. The number of rotatable bonds is 7. The summed E-state index contributed by atoms with van der Waals surface area (Å²) in [6.45, 7) is 5.27. The van der Waals surface area contributed by atoms with Crippen LogP contribution in [-0.2, 0) is 16.1 Å². The summed E-state index contributed by atoms with van der Waals surface area (Å²) in [5, 5.41) is 8.83. The molecule has 0 saturated carbocycles. The van der Waals surface area contributed by atoms with Gasteiger partial charge in [0.1, 0.15) is 29.2 Å². The predicted octanol–water partition coefficient (Wildman–Crippen LogP) is 1.80. The number of carboxylic acid groups (broad SMARTS) is 1. The van der Waals surface area contributed by atoms with Crippen molar-refractivity contribution in [2.45, 2.75) is 57.8 Å². The van der Waals surface area contributed by atoms with Crippen LogP contribution in [0.3, 0.4) is 0 Å². The Hall–Kier alpha value is -4.71. The van der Waals surface area contributed by atoms with Crippen LogP contribution >= 0.6 is 0 Å². The number of hydrogen-bond acceptors (Lipinski definition) is 8. The molecule has 0 fully saturated rings. The van der Waals surface area contributed by atoms with Crippen molar-refractivity contribution < 1.29 is 29.0 Å². The van der Waals surface area contributed by atoms with E-state index < -0.39 is 41.0 Å². The minimum atomic E-state index is -1.12. The molecule has 0 bridgehead atoms. The van der Waals surface area contributed by atoms with Crippen molar-refractivity contribution in [3.05, 3.63) is 86.2 Å². The van der Waals surface area contributed by atoms with Gasteiger partial charge >= 0.3 is 23.3 Å². The normalized spacial score (nSPS) is 17.4. The predicted molar refractivity (Wildman–Crippen MR) is 142 cm³/mol. The summed E-state index contributed by atoms with van der Waals surface area (Å²) < 4.78 is 15.4. The summed E-state index contributed by atoms with van der Waals surface area (Å²) >= 11 is 0. The number of nitrogens with zero attached hydrogens (tertiary/aromatic N) is 3. The zero-order chi connectivity index (χ0) is 28.9. The Labute approximate surface area is 227 Å². The van der Waals surface area contributed by atoms with Crippen LogP contribution < -0.4 is 26.6 Å². The second kappa shape index (κ2) is 9.79. The van der Waals surface area contributed by atoms with Crippen molar-refractivity contribution >= 4 is 17.7 Å². The minimum Gasteiger partial charge on any atom is -0.483 e. The van der Waals surface area contributed by atoms with Gasteiger partial charge in [-0.3, -0.25) is 9.59 Å². The summed E-state index contributed by atoms with van der Waals surface area (Å²) in [5.74, 6) is -1.50. The molecule has 3 heterocycles. The van der Waals surface area contributed by atoms with Crippen LogP contribution in [0.4, 0.5) is 0 Å². The van der Waals surface area contributed by atoms with Crippen LogP contribution in [-0.4, -0.2) is 48.4 Å². The maximum Gasteiger partial charge on any atom is 0.352 e. The molecule has 208 valence electrons. The minimum absolute atomic E-state index is 0.0756. The molecule has 2 aliphatic heterocycles. The van der Waals surface area contributed by atoms with E-state index in [1.54, 1.807) is 30.3 Å². The van der Waals surface area contributed by atoms with Gasteiger partial charge in [0.05, 0.1) is 12.2 Å². The van der Waals surface area contributed by atoms with E-state index in [4.69, 9.17) is 20.3 Å². The van der Waals surface area contributed by atoms with E-state index in [2.05, 4.69) is 0 Å². The lowest BCUT2D eigenvalue weighted by Crippen LogP contribution is -2.46. The molecule has 5 rings (SSSR count). The highest BCUT2D eigenvalue weighted by molar-refractivity contribution is 5.94. The van der Waals surface area contributed by atoms with Crippen LogP contribution in [0.25, 0.3) is 5.69 Å². The lowest BCUT2D eigenvalue weighted by atomic mass is 9.83. The SMILES string of the molecule is CC(=O)c1ccc(-n2c(=O)n3n(c2=O)C2C(=CC3)C(C)(C)Oc3cc(OC(=O)[C@@H](N)CCC(=O)O)ccc32)cc1. The van der Waals surface area contributed by atoms with E-state index in [1.165, 1.54) is 28.4 Å². The third-order valence-corrected chi connectivity index (χ3v) is 7.15. The molecule has 2 aromatic carbocycles. The van der Waals surface area contributed by atoms with Crippen LogP contribution in [0.2, 0.25) is 0 Å². The van der Waals surface area contributed by atoms with E-state index >= 15 is 0 Å². The molecular weight excluding hydrogens is 520 g/mol. The third-order valence-electron chi connectivity index (χ3n) is 7.15. The molecule has 3 N–H and O–H groups in total. The van der Waals surface area contributed by atoms with Gasteiger partial charge in [0.2, 0.25) is 0 Å². The largest absolute Gasteiger partial charge is 0.483 e. The number of aromatic nitrogens is 3. The number of ketones is 1.